The van der Waals surface area contributed by atoms with Crippen molar-refractivity contribution in [3.63, 3.8) is 0 Å². The number of carbonyl (C=O) groups is 1. The monoisotopic (exact) mass is 379 g/mol. The van der Waals surface area contributed by atoms with Crippen LogP contribution >= 0.6 is 0 Å². The van der Waals surface area contributed by atoms with E-state index in [-0.39, 0.29) is 24.2 Å². The lowest BCUT2D eigenvalue weighted by molar-refractivity contribution is -0.123. The van der Waals surface area contributed by atoms with Crippen molar-refractivity contribution < 1.29 is 13.9 Å². The molecule has 1 N–H and O–H groups in total. The maximum atomic E-state index is 12.1. The van der Waals surface area contributed by atoms with Gasteiger partial charge in [0.25, 0.3) is 5.91 Å². The van der Waals surface area contributed by atoms with Crippen molar-refractivity contribution in [1.82, 2.24) is 5.32 Å². The summed E-state index contributed by atoms with van der Waals surface area (Å²) in [5.41, 5.74) is 2.27. The van der Waals surface area contributed by atoms with Crippen molar-refractivity contribution in [2.24, 2.45) is 0 Å². The number of hydrogen-bond donors (Lipinski definition) is 1. The molecule has 146 valence electrons. The molecule has 0 fully saturated rings. The average molecular weight is 379 g/mol. The number of carbonyl (C=O) groups excluding carboxylic acids is 1. The van der Waals surface area contributed by atoms with Crippen LogP contribution in [-0.2, 0) is 17.6 Å². The molecule has 5 nitrogen and oxygen atoms in total. The van der Waals surface area contributed by atoms with Gasteiger partial charge >= 0.3 is 5.63 Å². The predicted octanol–water partition coefficient (Wildman–Crippen LogP) is 3.87. The van der Waals surface area contributed by atoms with E-state index in [1.807, 2.05) is 38.1 Å². The van der Waals surface area contributed by atoms with Crippen molar-refractivity contribution >= 4 is 16.9 Å². The van der Waals surface area contributed by atoms with Crippen molar-refractivity contribution in [3.05, 3.63) is 76.1 Å². The number of ether oxygens (including phenoxy) is 1. The maximum Gasteiger partial charge on any atom is 0.336 e. The highest BCUT2D eigenvalue weighted by molar-refractivity contribution is 5.82. The number of aryl methyl sites for hydroxylation is 2. The molecule has 0 bridgehead atoms. The second-order valence-corrected chi connectivity index (χ2v) is 6.88. The maximum absolute atomic E-state index is 12.1. The van der Waals surface area contributed by atoms with Crippen LogP contribution in [0.25, 0.3) is 11.0 Å². The third-order valence-corrected chi connectivity index (χ3v) is 4.67. The molecule has 1 atom stereocenters. The minimum Gasteiger partial charge on any atom is -0.484 e. The van der Waals surface area contributed by atoms with Gasteiger partial charge in [0.05, 0.1) is 0 Å². The molecule has 0 aliphatic heterocycles. The molecule has 3 rings (SSSR count). The SMILES string of the molecule is CCc1cc(=O)oc2cc(OCC(=O)N[C@H](C)CCc3ccccc3)ccc12. The Bertz CT molecular complexity index is 994. The molecule has 1 amide bonds. The molecule has 0 saturated carbocycles. The molecule has 0 spiro atoms. The van der Waals surface area contributed by atoms with Gasteiger partial charge in [-0.3, -0.25) is 4.79 Å². The molecule has 0 aliphatic carbocycles. The van der Waals surface area contributed by atoms with Gasteiger partial charge in [-0.15, -0.1) is 0 Å². The molecule has 3 aromatic rings. The molecule has 28 heavy (non-hydrogen) atoms. The normalized spacial score (nSPS) is 11.9. The fraction of sp³-hybridized carbons (Fsp3) is 0.304. The molecule has 0 saturated heterocycles. The standard InChI is InChI=1S/C23H25NO4/c1-3-18-13-23(26)28-21-14-19(11-12-20(18)21)27-15-22(25)24-16(2)9-10-17-7-5-4-6-8-17/h4-8,11-14,16H,3,9-10,15H2,1-2H3,(H,24,25)/t16-/m1/s1. The molecular formula is C23H25NO4. The number of amides is 1. The van der Waals surface area contributed by atoms with E-state index in [0.29, 0.717) is 11.3 Å². The Kier molecular flexibility index (Phi) is 6.48. The quantitative estimate of drug-likeness (QED) is 0.603. The molecule has 1 heterocycles. The minimum atomic E-state index is -0.383. The van der Waals surface area contributed by atoms with Gasteiger partial charge in [0.15, 0.2) is 6.61 Å². The lowest BCUT2D eigenvalue weighted by atomic mass is 10.1. The summed E-state index contributed by atoms with van der Waals surface area (Å²) in [6.07, 6.45) is 2.51. The zero-order valence-corrected chi connectivity index (χ0v) is 16.2. The predicted molar refractivity (Wildman–Crippen MR) is 110 cm³/mol. The van der Waals surface area contributed by atoms with Gasteiger partial charge in [0.1, 0.15) is 11.3 Å². The second kappa shape index (κ2) is 9.22. The van der Waals surface area contributed by atoms with Gasteiger partial charge in [-0.05, 0) is 49.4 Å². The Labute approximate surface area is 164 Å². The van der Waals surface area contributed by atoms with Crippen LogP contribution in [0.5, 0.6) is 5.75 Å². The molecular weight excluding hydrogens is 354 g/mol. The number of hydrogen-bond acceptors (Lipinski definition) is 4. The minimum absolute atomic E-state index is 0.0537. The molecule has 1 aromatic heterocycles. The molecule has 5 heteroatoms. The Morgan fingerprint density at radius 1 is 1.14 bits per heavy atom. The Morgan fingerprint density at radius 2 is 1.93 bits per heavy atom. The lowest BCUT2D eigenvalue weighted by Crippen LogP contribution is -2.36. The molecule has 2 aromatic carbocycles. The van der Waals surface area contributed by atoms with E-state index in [2.05, 4.69) is 17.4 Å². The van der Waals surface area contributed by atoms with Gasteiger partial charge < -0.3 is 14.5 Å². The smallest absolute Gasteiger partial charge is 0.336 e. The zero-order valence-electron chi connectivity index (χ0n) is 16.2. The number of benzene rings is 2. The van der Waals surface area contributed by atoms with Crippen LogP contribution in [-0.4, -0.2) is 18.6 Å². The van der Waals surface area contributed by atoms with Gasteiger partial charge in [0.2, 0.25) is 0 Å². The summed E-state index contributed by atoms with van der Waals surface area (Å²) >= 11 is 0. The summed E-state index contributed by atoms with van der Waals surface area (Å²) in [5, 5.41) is 3.83. The third kappa shape index (κ3) is 5.22. The highest BCUT2D eigenvalue weighted by atomic mass is 16.5. The second-order valence-electron chi connectivity index (χ2n) is 6.88. The summed E-state index contributed by atoms with van der Waals surface area (Å²) in [6.45, 7) is 3.89. The largest absolute Gasteiger partial charge is 0.484 e. The fourth-order valence-electron chi connectivity index (χ4n) is 3.16. The number of rotatable bonds is 8. The van der Waals surface area contributed by atoms with Crippen LogP contribution in [0.1, 0.15) is 31.4 Å². The summed E-state index contributed by atoms with van der Waals surface area (Å²) in [7, 11) is 0. The first-order valence-corrected chi connectivity index (χ1v) is 9.58. The molecule has 0 aliphatic rings. The van der Waals surface area contributed by atoms with E-state index in [1.54, 1.807) is 12.1 Å². The summed E-state index contributed by atoms with van der Waals surface area (Å²) in [6, 6.07) is 17.0. The number of fused-ring (bicyclic) bond motifs is 1. The zero-order chi connectivity index (χ0) is 19.9. The topological polar surface area (TPSA) is 68.5 Å². The van der Waals surface area contributed by atoms with E-state index in [4.69, 9.17) is 9.15 Å². The Balaban J connectivity index is 1.53. The third-order valence-electron chi connectivity index (χ3n) is 4.67. The van der Waals surface area contributed by atoms with Gasteiger partial charge in [-0.1, -0.05) is 37.3 Å². The van der Waals surface area contributed by atoms with Crippen LogP contribution in [0.4, 0.5) is 0 Å². The van der Waals surface area contributed by atoms with E-state index in [1.165, 1.54) is 11.6 Å². The van der Waals surface area contributed by atoms with Crippen LogP contribution < -0.4 is 15.7 Å². The highest BCUT2D eigenvalue weighted by Gasteiger charge is 2.10. The van der Waals surface area contributed by atoms with Crippen LogP contribution in [0, 0.1) is 0 Å². The van der Waals surface area contributed by atoms with Gasteiger partial charge in [-0.2, -0.15) is 0 Å². The Hall–Kier alpha value is -3.08. The fourth-order valence-corrected chi connectivity index (χ4v) is 3.16. The number of nitrogens with one attached hydrogen (secondary N) is 1. The lowest BCUT2D eigenvalue weighted by Gasteiger charge is -2.14. The summed E-state index contributed by atoms with van der Waals surface area (Å²) in [5.74, 6) is 0.320. The Morgan fingerprint density at radius 3 is 2.68 bits per heavy atom. The van der Waals surface area contributed by atoms with Crippen molar-refractivity contribution in [1.29, 1.82) is 0 Å². The first-order chi connectivity index (χ1) is 13.5. The summed E-state index contributed by atoms with van der Waals surface area (Å²) < 4.78 is 10.8. The molecule has 0 unspecified atom stereocenters. The summed E-state index contributed by atoms with van der Waals surface area (Å²) in [4.78, 5) is 23.8. The van der Waals surface area contributed by atoms with E-state index in [0.717, 1.165) is 30.2 Å². The molecule has 0 radical (unpaired) electrons. The van der Waals surface area contributed by atoms with Gasteiger partial charge in [-0.25, -0.2) is 4.79 Å². The van der Waals surface area contributed by atoms with Crippen molar-refractivity contribution in [2.75, 3.05) is 6.61 Å². The average Bonchev–Trinajstić information content (AvgIpc) is 2.70. The van der Waals surface area contributed by atoms with Crippen molar-refractivity contribution in [3.8, 4) is 5.75 Å². The first kappa shape index (κ1) is 19.7. The van der Waals surface area contributed by atoms with E-state index in [9.17, 15) is 9.59 Å². The van der Waals surface area contributed by atoms with Crippen LogP contribution in [0.3, 0.4) is 0 Å². The van der Waals surface area contributed by atoms with Crippen LogP contribution in [0.15, 0.2) is 63.8 Å². The van der Waals surface area contributed by atoms with E-state index < -0.39 is 0 Å². The highest BCUT2D eigenvalue weighted by Crippen LogP contribution is 2.23. The van der Waals surface area contributed by atoms with E-state index >= 15 is 0 Å². The van der Waals surface area contributed by atoms with Gasteiger partial charge in [0, 0.05) is 23.6 Å². The first-order valence-electron chi connectivity index (χ1n) is 9.58. The van der Waals surface area contributed by atoms with Crippen LogP contribution in [0.2, 0.25) is 0 Å². The van der Waals surface area contributed by atoms with Crippen molar-refractivity contribution in [2.45, 2.75) is 39.2 Å².